The predicted octanol–water partition coefficient (Wildman–Crippen LogP) is 1.65. The van der Waals surface area contributed by atoms with Crippen LogP contribution in [-0.2, 0) is 16.4 Å². The first kappa shape index (κ1) is 15.0. The summed E-state index contributed by atoms with van der Waals surface area (Å²) < 4.78 is 25.7. The molecule has 2 heterocycles. The van der Waals surface area contributed by atoms with E-state index in [2.05, 4.69) is 22.4 Å². The fourth-order valence-corrected chi connectivity index (χ4v) is 4.20. The number of sulfonamides is 1. The van der Waals surface area contributed by atoms with Crippen molar-refractivity contribution < 1.29 is 8.42 Å². The Morgan fingerprint density at radius 1 is 1.26 bits per heavy atom. The van der Waals surface area contributed by atoms with Crippen LogP contribution in [0.2, 0.25) is 0 Å². The third kappa shape index (κ3) is 3.78. The molecule has 1 aliphatic rings. The van der Waals surface area contributed by atoms with Crippen molar-refractivity contribution in [3.05, 3.63) is 22.4 Å². The van der Waals surface area contributed by atoms with Gasteiger partial charge in [-0.15, -0.1) is 11.3 Å². The summed E-state index contributed by atoms with van der Waals surface area (Å²) in [5.74, 6) is 0. The van der Waals surface area contributed by atoms with Crippen LogP contribution in [0.5, 0.6) is 0 Å². The Bertz CT molecular complexity index is 475. The molecule has 0 aromatic carbocycles. The lowest BCUT2D eigenvalue weighted by molar-refractivity contribution is 0.190. The zero-order valence-corrected chi connectivity index (χ0v) is 13.2. The van der Waals surface area contributed by atoms with Gasteiger partial charge in [0, 0.05) is 37.6 Å². The fraction of sp³-hybridized carbons (Fsp3) is 0.692. The minimum absolute atomic E-state index is 0.315. The van der Waals surface area contributed by atoms with Crippen LogP contribution in [0.3, 0.4) is 0 Å². The molecule has 1 aromatic rings. The molecule has 0 amide bonds. The molecule has 0 N–H and O–H groups in total. The molecular formula is C13H22N2O2S2. The van der Waals surface area contributed by atoms with Gasteiger partial charge in [-0.1, -0.05) is 6.07 Å². The molecule has 0 saturated carbocycles. The summed E-state index contributed by atoms with van der Waals surface area (Å²) in [6, 6.07) is 4.23. The van der Waals surface area contributed by atoms with Crippen LogP contribution < -0.4 is 0 Å². The Morgan fingerprint density at radius 2 is 1.95 bits per heavy atom. The summed E-state index contributed by atoms with van der Waals surface area (Å²) in [6.07, 6.45) is 1.06. The van der Waals surface area contributed by atoms with Crippen LogP contribution in [0.4, 0.5) is 0 Å². The highest BCUT2D eigenvalue weighted by atomic mass is 32.2. The van der Waals surface area contributed by atoms with Crippen molar-refractivity contribution in [2.75, 3.05) is 32.7 Å². The van der Waals surface area contributed by atoms with Gasteiger partial charge >= 0.3 is 0 Å². The van der Waals surface area contributed by atoms with Crippen molar-refractivity contribution in [2.24, 2.45) is 0 Å². The van der Waals surface area contributed by atoms with E-state index in [4.69, 9.17) is 0 Å². The summed E-state index contributed by atoms with van der Waals surface area (Å²) in [7, 11) is -3.07. The quantitative estimate of drug-likeness (QED) is 0.830. The SMILES string of the molecule is CC(C)S(=O)(=O)N1CCN(CCc2cccs2)CC1. The number of hydrogen-bond donors (Lipinski definition) is 0. The summed E-state index contributed by atoms with van der Waals surface area (Å²) >= 11 is 1.79. The molecular weight excluding hydrogens is 280 g/mol. The van der Waals surface area contributed by atoms with E-state index in [-0.39, 0.29) is 5.25 Å². The Balaban J connectivity index is 1.79. The fourth-order valence-electron chi connectivity index (χ4n) is 2.23. The first-order valence-corrected chi connectivity index (χ1v) is 9.12. The van der Waals surface area contributed by atoms with Crippen molar-refractivity contribution in [3.8, 4) is 0 Å². The maximum absolute atomic E-state index is 12.0. The van der Waals surface area contributed by atoms with Gasteiger partial charge in [-0.2, -0.15) is 4.31 Å². The second-order valence-corrected chi connectivity index (χ2v) is 8.69. The smallest absolute Gasteiger partial charge is 0.216 e. The third-order valence-corrected chi connectivity index (χ3v) is 6.75. The highest BCUT2D eigenvalue weighted by Gasteiger charge is 2.28. The summed E-state index contributed by atoms with van der Waals surface area (Å²) in [5.41, 5.74) is 0. The number of rotatable bonds is 5. The highest BCUT2D eigenvalue weighted by Crippen LogP contribution is 2.14. The zero-order valence-electron chi connectivity index (χ0n) is 11.6. The molecule has 1 saturated heterocycles. The van der Waals surface area contributed by atoms with E-state index in [1.165, 1.54) is 4.88 Å². The molecule has 1 aromatic heterocycles. The largest absolute Gasteiger partial charge is 0.300 e. The van der Waals surface area contributed by atoms with Crippen LogP contribution in [0, 0.1) is 0 Å². The van der Waals surface area contributed by atoms with Crippen LogP contribution >= 0.6 is 11.3 Å². The van der Waals surface area contributed by atoms with Crippen LogP contribution in [0.25, 0.3) is 0 Å². The molecule has 6 heteroatoms. The second kappa shape index (κ2) is 6.35. The van der Waals surface area contributed by atoms with Crippen molar-refractivity contribution in [3.63, 3.8) is 0 Å². The lowest BCUT2D eigenvalue weighted by Gasteiger charge is -2.34. The van der Waals surface area contributed by atoms with E-state index >= 15 is 0 Å². The Labute approximate surface area is 120 Å². The number of nitrogens with zero attached hydrogens (tertiary/aromatic N) is 2. The zero-order chi connectivity index (χ0) is 13.9. The molecule has 1 fully saturated rings. The molecule has 0 atom stereocenters. The molecule has 0 unspecified atom stereocenters. The highest BCUT2D eigenvalue weighted by molar-refractivity contribution is 7.89. The second-order valence-electron chi connectivity index (χ2n) is 5.16. The van der Waals surface area contributed by atoms with Crippen LogP contribution in [0.1, 0.15) is 18.7 Å². The van der Waals surface area contributed by atoms with Gasteiger partial charge in [0.2, 0.25) is 10.0 Å². The first-order chi connectivity index (χ1) is 9.00. The van der Waals surface area contributed by atoms with Crippen LogP contribution in [-0.4, -0.2) is 55.6 Å². The van der Waals surface area contributed by atoms with E-state index in [1.54, 1.807) is 29.5 Å². The molecule has 19 heavy (non-hydrogen) atoms. The Kier molecular flexibility index (Phi) is 5.00. The summed E-state index contributed by atoms with van der Waals surface area (Å²) in [5, 5.41) is 1.79. The minimum atomic E-state index is -3.07. The third-order valence-electron chi connectivity index (χ3n) is 3.54. The van der Waals surface area contributed by atoms with E-state index in [0.717, 1.165) is 26.1 Å². The van der Waals surface area contributed by atoms with Crippen molar-refractivity contribution >= 4 is 21.4 Å². The lowest BCUT2D eigenvalue weighted by atomic mass is 10.3. The molecule has 1 aliphatic heterocycles. The molecule has 2 rings (SSSR count). The maximum Gasteiger partial charge on any atom is 0.216 e. The summed E-state index contributed by atoms with van der Waals surface area (Å²) in [6.45, 7) is 7.47. The lowest BCUT2D eigenvalue weighted by Crippen LogP contribution is -2.50. The van der Waals surface area contributed by atoms with Gasteiger partial charge in [0.25, 0.3) is 0 Å². The summed E-state index contributed by atoms with van der Waals surface area (Å²) in [4.78, 5) is 3.75. The van der Waals surface area contributed by atoms with Crippen LogP contribution in [0.15, 0.2) is 17.5 Å². The van der Waals surface area contributed by atoms with Gasteiger partial charge in [0.1, 0.15) is 0 Å². The van der Waals surface area contributed by atoms with E-state index in [1.807, 2.05) is 0 Å². The van der Waals surface area contributed by atoms with E-state index in [9.17, 15) is 8.42 Å². The molecule has 4 nitrogen and oxygen atoms in total. The van der Waals surface area contributed by atoms with Gasteiger partial charge in [0.15, 0.2) is 0 Å². The predicted molar refractivity (Wildman–Crippen MR) is 80.1 cm³/mol. The van der Waals surface area contributed by atoms with Gasteiger partial charge < -0.3 is 4.90 Å². The van der Waals surface area contributed by atoms with Crippen molar-refractivity contribution in [1.29, 1.82) is 0 Å². The van der Waals surface area contributed by atoms with Gasteiger partial charge in [0.05, 0.1) is 5.25 Å². The molecule has 0 radical (unpaired) electrons. The number of thiophene rings is 1. The van der Waals surface area contributed by atoms with E-state index < -0.39 is 10.0 Å². The molecule has 0 aliphatic carbocycles. The topological polar surface area (TPSA) is 40.6 Å². The van der Waals surface area contributed by atoms with Crippen molar-refractivity contribution in [2.45, 2.75) is 25.5 Å². The molecule has 0 bridgehead atoms. The van der Waals surface area contributed by atoms with Crippen molar-refractivity contribution in [1.82, 2.24) is 9.21 Å². The van der Waals surface area contributed by atoms with Gasteiger partial charge in [-0.05, 0) is 31.7 Å². The average molecular weight is 302 g/mol. The number of hydrogen-bond acceptors (Lipinski definition) is 4. The Hall–Kier alpha value is -0.430. The van der Waals surface area contributed by atoms with Gasteiger partial charge in [-0.3, -0.25) is 0 Å². The van der Waals surface area contributed by atoms with E-state index in [0.29, 0.717) is 13.1 Å². The number of piperazine rings is 1. The molecule has 0 spiro atoms. The molecule has 108 valence electrons. The minimum Gasteiger partial charge on any atom is -0.300 e. The first-order valence-electron chi connectivity index (χ1n) is 6.74. The maximum atomic E-state index is 12.0. The Morgan fingerprint density at radius 3 is 2.47 bits per heavy atom. The standard InChI is InChI=1S/C13H22N2O2S2/c1-12(2)19(16,17)15-9-7-14(8-10-15)6-5-13-4-3-11-18-13/h3-4,11-12H,5-10H2,1-2H3. The monoisotopic (exact) mass is 302 g/mol. The van der Waals surface area contributed by atoms with Gasteiger partial charge in [-0.25, -0.2) is 8.42 Å². The normalized spacial score (nSPS) is 19.1. The average Bonchev–Trinajstić information content (AvgIpc) is 2.90.